The van der Waals surface area contributed by atoms with Crippen molar-refractivity contribution in [3.05, 3.63) is 24.0 Å². The van der Waals surface area contributed by atoms with Gasteiger partial charge in [-0.05, 0) is 18.6 Å². The molecule has 0 saturated carbocycles. The number of rotatable bonds is 5. The molecule has 7 nitrogen and oxygen atoms in total. The number of benzene rings is 1. The van der Waals surface area contributed by atoms with Gasteiger partial charge in [-0.2, -0.15) is 0 Å². The Hall–Kier alpha value is -2.35. The second kappa shape index (κ2) is 7.04. The van der Waals surface area contributed by atoms with Crippen molar-refractivity contribution in [3.8, 4) is 0 Å². The monoisotopic (exact) mass is 336 g/mol. The number of anilines is 2. The Morgan fingerprint density at radius 1 is 1.38 bits per heavy atom. The number of carbonyl (C=O) groups is 2. The molecular formula is C16H21FN4O3. The van der Waals surface area contributed by atoms with E-state index in [0.29, 0.717) is 30.9 Å². The Labute approximate surface area is 139 Å². The molecule has 2 aliphatic rings. The zero-order valence-electron chi connectivity index (χ0n) is 13.3. The van der Waals surface area contributed by atoms with Gasteiger partial charge in [0.25, 0.3) is 0 Å². The topological polar surface area (TPSA) is 87.9 Å². The molecule has 2 saturated heterocycles. The molecule has 0 radical (unpaired) electrons. The first kappa shape index (κ1) is 16.5. The molecule has 3 rings (SSSR count). The van der Waals surface area contributed by atoms with E-state index in [4.69, 9.17) is 10.5 Å². The van der Waals surface area contributed by atoms with Crippen LogP contribution >= 0.6 is 0 Å². The van der Waals surface area contributed by atoms with Crippen LogP contribution in [0.4, 0.5) is 20.6 Å². The van der Waals surface area contributed by atoms with E-state index in [1.54, 1.807) is 12.1 Å². The Kier molecular flexibility index (Phi) is 4.84. The average molecular weight is 336 g/mol. The van der Waals surface area contributed by atoms with Crippen molar-refractivity contribution in [1.82, 2.24) is 5.32 Å². The van der Waals surface area contributed by atoms with E-state index in [1.165, 1.54) is 11.0 Å². The first-order valence-corrected chi connectivity index (χ1v) is 8.07. The van der Waals surface area contributed by atoms with Gasteiger partial charge in [0.2, 0.25) is 5.91 Å². The van der Waals surface area contributed by atoms with Crippen LogP contribution in [0.1, 0.15) is 12.8 Å². The molecule has 2 fully saturated rings. The maximum atomic E-state index is 14.5. The van der Waals surface area contributed by atoms with E-state index in [-0.39, 0.29) is 18.8 Å². The van der Waals surface area contributed by atoms with Crippen molar-refractivity contribution < 1.29 is 18.7 Å². The van der Waals surface area contributed by atoms with Gasteiger partial charge in [0.1, 0.15) is 11.9 Å². The van der Waals surface area contributed by atoms with Crippen LogP contribution in [-0.4, -0.2) is 50.8 Å². The molecule has 24 heavy (non-hydrogen) atoms. The maximum Gasteiger partial charge on any atom is 0.414 e. The molecular weight excluding hydrogens is 315 g/mol. The fourth-order valence-corrected chi connectivity index (χ4v) is 3.10. The van der Waals surface area contributed by atoms with Gasteiger partial charge in [-0.25, -0.2) is 9.18 Å². The van der Waals surface area contributed by atoms with Gasteiger partial charge in [-0.15, -0.1) is 0 Å². The van der Waals surface area contributed by atoms with Crippen LogP contribution in [0.3, 0.4) is 0 Å². The first-order chi connectivity index (χ1) is 11.6. The molecule has 1 unspecified atom stereocenters. The fraction of sp³-hybridized carbons (Fsp3) is 0.500. The third-order valence-corrected chi connectivity index (χ3v) is 4.28. The van der Waals surface area contributed by atoms with Gasteiger partial charge in [-0.1, -0.05) is 6.07 Å². The average Bonchev–Trinajstić information content (AvgIpc) is 2.94. The summed E-state index contributed by atoms with van der Waals surface area (Å²) in [7, 11) is 0. The highest BCUT2D eigenvalue weighted by Gasteiger charge is 2.35. The Morgan fingerprint density at radius 3 is 2.83 bits per heavy atom. The molecule has 1 aromatic rings. The highest BCUT2D eigenvalue weighted by atomic mass is 19.1. The van der Waals surface area contributed by atoms with E-state index >= 15 is 0 Å². The van der Waals surface area contributed by atoms with Crippen molar-refractivity contribution >= 4 is 23.4 Å². The quantitative estimate of drug-likeness (QED) is 0.831. The third-order valence-electron chi connectivity index (χ3n) is 4.28. The molecule has 3 N–H and O–H groups in total. The van der Waals surface area contributed by atoms with Crippen molar-refractivity contribution in [3.63, 3.8) is 0 Å². The van der Waals surface area contributed by atoms with Gasteiger partial charge in [-0.3, -0.25) is 9.69 Å². The normalized spacial score (nSPS) is 21.0. The van der Waals surface area contributed by atoms with Crippen molar-refractivity contribution in [2.24, 2.45) is 5.73 Å². The predicted molar refractivity (Wildman–Crippen MR) is 87.5 cm³/mol. The number of amides is 2. The summed E-state index contributed by atoms with van der Waals surface area (Å²) in [6.07, 6.45) is -0.411. The lowest BCUT2D eigenvalue weighted by Gasteiger charge is -2.32. The smallest absolute Gasteiger partial charge is 0.414 e. The standard InChI is InChI=1S/C16H21FN4O3/c17-12-2-1-3-13(15(12)20-8-6-19-7-9-20)21-10-11(24-16(21)23)4-5-14(18)22/h1-3,11,19H,4-10H2,(H2,18,22). The summed E-state index contributed by atoms with van der Waals surface area (Å²) >= 11 is 0. The van der Waals surface area contributed by atoms with Gasteiger partial charge >= 0.3 is 6.09 Å². The zero-order valence-corrected chi connectivity index (χ0v) is 13.3. The van der Waals surface area contributed by atoms with E-state index in [9.17, 15) is 14.0 Å². The summed E-state index contributed by atoms with van der Waals surface area (Å²) in [5.41, 5.74) is 6.06. The predicted octanol–water partition coefficient (Wildman–Crippen LogP) is 0.826. The SMILES string of the molecule is NC(=O)CCC1CN(c2cccc(F)c2N2CCNCC2)C(=O)O1. The summed E-state index contributed by atoms with van der Waals surface area (Å²) in [6.45, 7) is 3.15. The number of ether oxygens (including phenoxy) is 1. The molecule has 8 heteroatoms. The zero-order chi connectivity index (χ0) is 17.1. The van der Waals surface area contributed by atoms with Crippen LogP contribution in [0.5, 0.6) is 0 Å². The van der Waals surface area contributed by atoms with Gasteiger partial charge in [0, 0.05) is 32.6 Å². The number of nitrogens with zero attached hydrogens (tertiary/aromatic N) is 2. The molecule has 2 aliphatic heterocycles. The summed E-state index contributed by atoms with van der Waals surface area (Å²) in [5.74, 6) is -0.792. The fourth-order valence-electron chi connectivity index (χ4n) is 3.10. The molecule has 0 aromatic heterocycles. The number of hydrogen-bond donors (Lipinski definition) is 2. The number of halogens is 1. The number of carbonyl (C=O) groups excluding carboxylic acids is 2. The molecule has 0 aliphatic carbocycles. The van der Waals surface area contributed by atoms with Crippen molar-refractivity contribution in [2.75, 3.05) is 42.5 Å². The Balaban J connectivity index is 1.82. The second-order valence-corrected chi connectivity index (χ2v) is 5.97. The van der Waals surface area contributed by atoms with Crippen molar-refractivity contribution in [1.29, 1.82) is 0 Å². The summed E-state index contributed by atoms with van der Waals surface area (Å²) < 4.78 is 19.8. The van der Waals surface area contributed by atoms with Gasteiger partial charge in [0.15, 0.2) is 0 Å². The molecule has 2 amide bonds. The van der Waals surface area contributed by atoms with Crippen molar-refractivity contribution in [2.45, 2.75) is 18.9 Å². The number of nitrogens with two attached hydrogens (primary N) is 1. The first-order valence-electron chi connectivity index (χ1n) is 8.07. The summed E-state index contributed by atoms with van der Waals surface area (Å²) in [6, 6.07) is 4.70. The van der Waals surface area contributed by atoms with Gasteiger partial charge in [0.05, 0.1) is 17.9 Å². The molecule has 0 spiro atoms. The maximum absolute atomic E-state index is 14.5. The molecule has 1 atom stereocenters. The number of nitrogens with one attached hydrogen (secondary N) is 1. The Morgan fingerprint density at radius 2 is 2.12 bits per heavy atom. The van der Waals surface area contributed by atoms with E-state index in [2.05, 4.69) is 5.32 Å². The highest BCUT2D eigenvalue weighted by molar-refractivity contribution is 5.94. The van der Waals surface area contributed by atoms with Crippen LogP contribution in [0.2, 0.25) is 0 Å². The Bertz CT molecular complexity index is 634. The lowest BCUT2D eigenvalue weighted by molar-refractivity contribution is -0.118. The summed E-state index contributed by atoms with van der Waals surface area (Å²) in [5, 5.41) is 3.22. The molecule has 0 bridgehead atoms. The largest absolute Gasteiger partial charge is 0.444 e. The van der Waals surface area contributed by atoms with E-state index in [0.717, 1.165) is 13.1 Å². The van der Waals surface area contributed by atoms with Crippen LogP contribution in [0.25, 0.3) is 0 Å². The molecule has 130 valence electrons. The lowest BCUT2D eigenvalue weighted by atomic mass is 10.1. The van der Waals surface area contributed by atoms with E-state index in [1.807, 2.05) is 4.90 Å². The third kappa shape index (κ3) is 3.43. The number of cyclic esters (lactones) is 1. The number of primary amides is 1. The number of hydrogen-bond acceptors (Lipinski definition) is 5. The minimum Gasteiger partial charge on any atom is -0.444 e. The van der Waals surface area contributed by atoms with Gasteiger partial charge < -0.3 is 20.7 Å². The number of piperazine rings is 1. The summed E-state index contributed by atoms with van der Waals surface area (Å²) in [4.78, 5) is 26.5. The van der Waals surface area contributed by atoms with Crippen LogP contribution in [0, 0.1) is 5.82 Å². The lowest BCUT2D eigenvalue weighted by Crippen LogP contribution is -2.44. The van der Waals surface area contributed by atoms with E-state index < -0.39 is 18.1 Å². The second-order valence-electron chi connectivity index (χ2n) is 5.97. The minimum atomic E-state index is -0.522. The molecule has 2 heterocycles. The minimum absolute atomic E-state index is 0.152. The van der Waals surface area contributed by atoms with Crippen LogP contribution < -0.4 is 20.9 Å². The molecule has 1 aromatic carbocycles. The van der Waals surface area contributed by atoms with Crippen LogP contribution in [0.15, 0.2) is 18.2 Å². The van der Waals surface area contributed by atoms with Crippen LogP contribution in [-0.2, 0) is 9.53 Å². The highest BCUT2D eigenvalue weighted by Crippen LogP contribution is 2.35. The number of para-hydroxylation sites is 1.